The summed E-state index contributed by atoms with van der Waals surface area (Å²) in [4.78, 5) is 25.0. The lowest BCUT2D eigenvalue weighted by atomic mass is 10.1. The highest BCUT2D eigenvalue weighted by molar-refractivity contribution is 6.53. The number of alkyl halides is 5. The van der Waals surface area contributed by atoms with Crippen molar-refractivity contribution in [2.24, 2.45) is 5.92 Å². The third-order valence-electron chi connectivity index (χ3n) is 4.94. The van der Waals surface area contributed by atoms with Crippen molar-refractivity contribution in [3.63, 3.8) is 0 Å². The van der Waals surface area contributed by atoms with E-state index in [2.05, 4.69) is 5.32 Å². The van der Waals surface area contributed by atoms with Gasteiger partial charge in [-0.05, 0) is 42.3 Å². The minimum absolute atomic E-state index is 0.0561. The molecule has 3 rings (SSSR count). The molecular formula is C20H14Cl4F4N2O2. The largest absolute Gasteiger partial charge is 0.405 e. The second kappa shape index (κ2) is 8.89. The SMILES string of the molecule is Cc1c(Cl)cc(NC(=O)[C@H]2[C@H](c3ccc(F)c(Cl)c3)C2(Cl)Cl)cc1C(=O)NCC(F)(F)F. The molecule has 2 aromatic carbocycles. The smallest absolute Gasteiger partial charge is 0.343 e. The minimum atomic E-state index is -4.59. The maximum atomic E-state index is 13.4. The fourth-order valence-electron chi connectivity index (χ4n) is 3.26. The Kier molecular flexibility index (Phi) is 6.92. The molecule has 0 saturated heterocycles. The molecule has 2 atom stereocenters. The second-order valence-corrected chi connectivity index (χ2v) is 9.48. The Morgan fingerprint density at radius 2 is 1.75 bits per heavy atom. The van der Waals surface area contributed by atoms with Gasteiger partial charge in [-0.25, -0.2) is 4.39 Å². The number of carbonyl (C=O) groups is 2. The van der Waals surface area contributed by atoms with Crippen LogP contribution in [0.1, 0.15) is 27.4 Å². The molecule has 2 aromatic rings. The van der Waals surface area contributed by atoms with Crippen molar-refractivity contribution in [1.29, 1.82) is 0 Å². The first kappa shape index (κ1) is 24.9. The summed E-state index contributed by atoms with van der Waals surface area (Å²) in [5, 5.41) is 4.17. The fraction of sp³-hybridized carbons (Fsp3) is 0.300. The van der Waals surface area contributed by atoms with Crippen LogP contribution in [-0.4, -0.2) is 28.9 Å². The molecule has 0 aliphatic heterocycles. The fourth-order valence-corrected chi connectivity index (χ4v) is 4.49. The number of benzene rings is 2. The predicted octanol–water partition coefficient (Wildman–Crippen LogP) is 6.26. The zero-order valence-corrected chi connectivity index (χ0v) is 19.1. The Bertz CT molecular complexity index is 1090. The van der Waals surface area contributed by atoms with Gasteiger partial charge in [0.2, 0.25) is 5.91 Å². The third kappa shape index (κ3) is 5.25. The summed E-state index contributed by atoms with van der Waals surface area (Å²) in [6.45, 7) is -0.0708. The number of amides is 2. The van der Waals surface area contributed by atoms with Crippen LogP contribution in [0.4, 0.5) is 23.2 Å². The van der Waals surface area contributed by atoms with Gasteiger partial charge in [0, 0.05) is 22.2 Å². The Morgan fingerprint density at radius 1 is 1.09 bits per heavy atom. The van der Waals surface area contributed by atoms with Crippen molar-refractivity contribution in [2.75, 3.05) is 11.9 Å². The van der Waals surface area contributed by atoms with Crippen LogP contribution in [-0.2, 0) is 4.79 Å². The van der Waals surface area contributed by atoms with Crippen LogP contribution in [0.15, 0.2) is 30.3 Å². The van der Waals surface area contributed by atoms with Crippen molar-refractivity contribution in [3.8, 4) is 0 Å². The summed E-state index contributed by atoms with van der Waals surface area (Å²) < 4.78 is 49.1. The molecule has 1 fully saturated rings. The molecule has 12 heteroatoms. The van der Waals surface area contributed by atoms with Gasteiger partial charge in [-0.2, -0.15) is 13.2 Å². The average Bonchev–Trinajstić information content (AvgIpc) is 3.26. The Hall–Kier alpha value is -1.74. The highest BCUT2D eigenvalue weighted by atomic mass is 35.5. The van der Waals surface area contributed by atoms with E-state index in [0.717, 1.165) is 6.07 Å². The molecule has 0 aromatic heterocycles. The number of nitrogens with one attached hydrogen (secondary N) is 2. The minimum Gasteiger partial charge on any atom is -0.343 e. The Morgan fingerprint density at radius 3 is 2.34 bits per heavy atom. The first-order valence-electron chi connectivity index (χ1n) is 9.01. The number of hydrogen-bond donors (Lipinski definition) is 2. The van der Waals surface area contributed by atoms with Crippen LogP contribution >= 0.6 is 46.4 Å². The maximum absolute atomic E-state index is 13.4. The van der Waals surface area contributed by atoms with Crippen LogP contribution in [0.25, 0.3) is 0 Å². The van der Waals surface area contributed by atoms with E-state index in [9.17, 15) is 27.2 Å². The maximum Gasteiger partial charge on any atom is 0.405 e. The van der Waals surface area contributed by atoms with E-state index in [1.807, 2.05) is 0 Å². The van der Waals surface area contributed by atoms with Crippen LogP contribution in [0.3, 0.4) is 0 Å². The van der Waals surface area contributed by atoms with Gasteiger partial charge in [-0.3, -0.25) is 9.59 Å². The lowest BCUT2D eigenvalue weighted by Crippen LogP contribution is -2.34. The van der Waals surface area contributed by atoms with Crippen LogP contribution in [0.5, 0.6) is 0 Å². The number of rotatable bonds is 5. The Balaban J connectivity index is 1.79. The monoisotopic (exact) mass is 530 g/mol. The van der Waals surface area contributed by atoms with Gasteiger partial charge in [-0.1, -0.05) is 29.3 Å². The molecule has 0 bridgehead atoms. The highest BCUT2D eigenvalue weighted by Gasteiger charge is 2.67. The number of halogens is 8. The standard InChI is InChI=1S/C20H14Cl4F4N2O2/c1-8-11(17(31)29-7-19(26,27)28)5-10(6-12(8)21)30-18(32)16-15(20(16,23)24)9-2-3-14(25)13(22)4-9/h2-6,15-16H,7H2,1H3,(H,29,31)(H,30,32)/t15-,16+/m0/s1. The average molecular weight is 532 g/mol. The number of hydrogen-bond acceptors (Lipinski definition) is 2. The molecule has 2 amide bonds. The molecular weight excluding hydrogens is 518 g/mol. The summed E-state index contributed by atoms with van der Waals surface area (Å²) in [5.74, 6) is -3.89. The molecule has 1 saturated carbocycles. The van der Waals surface area contributed by atoms with Gasteiger partial charge < -0.3 is 10.6 Å². The molecule has 0 heterocycles. The lowest BCUT2D eigenvalue weighted by Gasteiger charge is -2.13. The van der Waals surface area contributed by atoms with E-state index in [0.29, 0.717) is 5.56 Å². The van der Waals surface area contributed by atoms with E-state index < -0.39 is 46.5 Å². The quantitative estimate of drug-likeness (QED) is 0.353. The molecule has 0 spiro atoms. The highest BCUT2D eigenvalue weighted by Crippen LogP contribution is 2.65. The topological polar surface area (TPSA) is 58.2 Å². The summed E-state index contributed by atoms with van der Waals surface area (Å²) in [6, 6.07) is 6.39. The number of carbonyl (C=O) groups excluding carboxylic acids is 2. The van der Waals surface area contributed by atoms with Gasteiger partial charge in [0.25, 0.3) is 5.91 Å². The van der Waals surface area contributed by atoms with E-state index in [4.69, 9.17) is 46.4 Å². The first-order valence-corrected chi connectivity index (χ1v) is 10.5. The summed E-state index contributed by atoms with van der Waals surface area (Å²) in [6.07, 6.45) is -4.59. The normalized spacial score (nSPS) is 19.4. The molecule has 172 valence electrons. The van der Waals surface area contributed by atoms with E-state index >= 15 is 0 Å². The molecule has 0 unspecified atom stereocenters. The van der Waals surface area contributed by atoms with Crippen molar-refractivity contribution < 1.29 is 27.2 Å². The molecule has 2 N–H and O–H groups in total. The van der Waals surface area contributed by atoms with Gasteiger partial charge in [-0.15, -0.1) is 23.2 Å². The van der Waals surface area contributed by atoms with Gasteiger partial charge in [0.05, 0.1) is 10.9 Å². The van der Waals surface area contributed by atoms with Crippen molar-refractivity contribution >= 4 is 63.9 Å². The molecule has 1 aliphatic rings. The lowest BCUT2D eigenvalue weighted by molar-refractivity contribution is -0.123. The van der Waals surface area contributed by atoms with Crippen LogP contribution in [0.2, 0.25) is 10.0 Å². The second-order valence-electron chi connectivity index (χ2n) is 7.22. The summed E-state index contributed by atoms with van der Waals surface area (Å²) >= 11 is 24.4. The zero-order valence-electron chi connectivity index (χ0n) is 16.1. The van der Waals surface area contributed by atoms with Crippen LogP contribution < -0.4 is 10.6 Å². The van der Waals surface area contributed by atoms with Crippen LogP contribution in [0, 0.1) is 18.7 Å². The first-order chi connectivity index (χ1) is 14.7. The third-order valence-corrected chi connectivity index (χ3v) is 6.57. The van der Waals surface area contributed by atoms with Crippen molar-refractivity contribution in [2.45, 2.75) is 23.4 Å². The van der Waals surface area contributed by atoms with Crippen molar-refractivity contribution in [3.05, 3.63) is 62.9 Å². The van der Waals surface area contributed by atoms with Crippen molar-refractivity contribution in [1.82, 2.24) is 5.32 Å². The van der Waals surface area contributed by atoms with E-state index in [1.165, 1.54) is 31.2 Å². The molecule has 4 nitrogen and oxygen atoms in total. The number of anilines is 1. The Labute approximate surface area is 200 Å². The van der Waals surface area contributed by atoms with E-state index in [1.54, 1.807) is 5.32 Å². The zero-order chi connectivity index (χ0) is 24.0. The molecule has 0 radical (unpaired) electrons. The van der Waals surface area contributed by atoms with E-state index in [-0.39, 0.29) is 26.9 Å². The predicted molar refractivity (Wildman–Crippen MR) is 115 cm³/mol. The molecule has 1 aliphatic carbocycles. The van der Waals surface area contributed by atoms with Gasteiger partial charge in [0.15, 0.2) is 0 Å². The summed E-state index contributed by atoms with van der Waals surface area (Å²) in [5.41, 5.74) is 0.613. The summed E-state index contributed by atoms with van der Waals surface area (Å²) in [7, 11) is 0. The van der Waals surface area contributed by atoms with Gasteiger partial charge >= 0.3 is 6.18 Å². The molecule has 32 heavy (non-hydrogen) atoms. The van der Waals surface area contributed by atoms with Gasteiger partial charge in [0.1, 0.15) is 16.7 Å².